The maximum absolute atomic E-state index is 13.3. The first-order chi connectivity index (χ1) is 10.2. The number of rotatable bonds is 6. The number of ether oxygens (including phenoxy) is 2. The maximum Gasteiger partial charge on any atom is 0.166 e. The summed E-state index contributed by atoms with van der Waals surface area (Å²) in [5.41, 5.74) is 8.41. The molecule has 0 unspecified atom stereocenters. The van der Waals surface area contributed by atoms with Gasteiger partial charge in [0.1, 0.15) is 12.4 Å². The number of nitrogens with two attached hydrogens (primary N) is 1. The van der Waals surface area contributed by atoms with Crippen LogP contribution in [0.3, 0.4) is 0 Å². The lowest BCUT2D eigenvalue weighted by Crippen LogP contribution is -2.06. The Morgan fingerprint density at radius 1 is 1.10 bits per heavy atom. The number of hydrogen-bond donors (Lipinski definition) is 1. The van der Waals surface area contributed by atoms with Crippen LogP contribution in [0.1, 0.15) is 23.6 Å². The minimum Gasteiger partial charge on any atom is -0.490 e. The zero-order chi connectivity index (χ0) is 15.2. The molecule has 21 heavy (non-hydrogen) atoms. The molecule has 112 valence electrons. The summed E-state index contributed by atoms with van der Waals surface area (Å²) < 4.78 is 24.7. The average Bonchev–Trinajstić information content (AvgIpc) is 2.49. The molecule has 0 aliphatic rings. The van der Waals surface area contributed by atoms with Gasteiger partial charge in [-0.25, -0.2) is 4.39 Å². The molecule has 0 heterocycles. The van der Waals surface area contributed by atoms with Gasteiger partial charge in [-0.15, -0.1) is 0 Å². The van der Waals surface area contributed by atoms with E-state index in [-0.39, 0.29) is 12.4 Å². The molecule has 0 aliphatic carbocycles. The third-order valence-electron chi connectivity index (χ3n) is 3.26. The molecular weight excluding hydrogens is 269 g/mol. The Bertz CT molecular complexity index is 614. The summed E-state index contributed by atoms with van der Waals surface area (Å²) in [5, 5.41) is 0. The van der Waals surface area contributed by atoms with Crippen LogP contribution in [0.5, 0.6) is 11.5 Å². The number of para-hydroxylation sites is 1. The minimum absolute atomic E-state index is 0.267. The highest BCUT2D eigenvalue weighted by Crippen LogP contribution is 2.32. The molecule has 0 fully saturated rings. The Balaban J connectivity index is 2.24. The van der Waals surface area contributed by atoms with Gasteiger partial charge in [-0.3, -0.25) is 0 Å². The van der Waals surface area contributed by atoms with Gasteiger partial charge in [0.2, 0.25) is 0 Å². The highest BCUT2D eigenvalue weighted by atomic mass is 19.1. The smallest absolute Gasteiger partial charge is 0.166 e. The summed E-state index contributed by atoms with van der Waals surface area (Å²) in [6.07, 6.45) is 0. The molecule has 2 N–H and O–H groups in total. The predicted octanol–water partition coefficient (Wildman–Crippen LogP) is 3.57. The fourth-order valence-corrected chi connectivity index (χ4v) is 2.10. The van der Waals surface area contributed by atoms with Crippen molar-refractivity contribution < 1.29 is 13.9 Å². The van der Waals surface area contributed by atoms with Crippen LogP contribution in [-0.4, -0.2) is 6.61 Å². The Morgan fingerprint density at radius 2 is 1.90 bits per heavy atom. The zero-order valence-corrected chi connectivity index (χ0v) is 12.4. The predicted molar refractivity (Wildman–Crippen MR) is 81.0 cm³/mol. The third kappa shape index (κ3) is 3.73. The van der Waals surface area contributed by atoms with Crippen molar-refractivity contribution in [1.82, 2.24) is 0 Å². The van der Waals surface area contributed by atoms with Gasteiger partial charge in [0.05, 0.1) is 6.61 Å². The second-order valence-corrected chi connectivity index (χ2v) is 4.74. The van der Waals surface area contributed by atoms with E-state index in [9.17, 15) is 4.39 Å². The van der Waals surface area contributed by atoms with Crippen molar-refractivity contribution in [3.05, 3.63) is 58.9 Å². The number of hydrogen-bond acceptors (Lipinski definition) is 3. The first kappa shape index (κ1) is 15.3. The van der Waals surface area contributed by atoms with Crippen LogP contribution in [0.4, 0.5) is 4.39 Å². The molecule has 0 saturated carbocycles. The largest absolute Gasteiger partial charge is 0.490 e. The average molecular weight is 289 g/mol. The second kappa shape index (κ2) is 7.09. The number of halogens is 1. The second-order valence-electron chi connectivity index (χ2n) is 4.74. The maximum atomic E-state index is 13.3. The molecular formula is C17H20FNO2. The molecule has 0 aliphatic heterocycles. The Hall–Kier alpha value is -2.07. The summed E-state index contributed by atoms with van der Waals surface area (Å²) in [4.78, 5) is 0. The van der Waals surface area contributed by atoms with E-state index in [1.54, 1.807) is 6.07 Å². The molecule has 0 bridgehead atoms. The monoisotopic (exact) mass is 289 g/mol. The highest BCUT2D eigenvalue weighted by molar-refractivity contribution is 5.46. The van der Waals surface area contributed by atoms with Crippen LogP contribution in [0.15, 0.2) is 36.4 Å². The van der Waals surface area contributed by atoms with E-state index >= 15 is 0 Å². The normalized spacial score (nSPS) is 10.5. The van der Waals surface area contributed by atoms with E-state index in [1.807, 2.05) is 32.0 Å². The quantitative estimate of drug-likeness (QED) is 0.884. The Kier molecular flexibility index (Phi) is 5.17. The van der Waals surface area contributed by atoms with Crippen LogP contribution in [-0.2, 0) is 13.2 Å². The van der Waals surface area contributed by atoms with Gasteiger partial charge in [0, 0.05) is 12.1 Å². The molecule has 2 aromatic carbocycles. The van der Waals surface area contributed by atoms with Crippen LogP contribution < -0.4 is 15.2 Å². The van der Waals surface area contributed by atoms with Crippen molar-refractivity contribution in [2.75, 3.05) is 6.61 Å². The summed E-state index contributed by atoms with van der Waals surface area (Å²) in [6.45, 7) is 5.02. The Labute approximate surface area is 124 Å². The lowest BCUT2D eigenvalue weighted by atomic mass is 10.1. The molecule has 0 saturated heterocycles. The van der Waals surface area contributed by atoms with Gasteiger partial charge in [-0.2, -0.15) is 0 Å². The standard InChI is InChI=1S/C17H20FNO2/c1-3-20-16-6-4-5-13(10-19)17(16)21-11-14-9-15(18)8-7-12(14)2/h4-9H,3,10-11,19H2,1-2H3. The summed E-state index contributed by atoms with van der Waals surface area (Å²) >= 11 is 0. The van der Waals surface area contributed by atoms with Gasteiger partial charge >= 0.3 is 0 Å². The summed E-state index contributed by atoms with van der Waals surface area (Å²) in [7, 11) is 0. The number of benzene rings is 2. The van der Waals surface area contributed by atoms with Crippen molar-refractivity contribution in [2.24, 2.45) is 5.73 Å². The molecule has 0 amide bonds. The topological polar surface area (TPSA) is 44.5 Å². The van der Waals surface area contributed by atoms with Crippen molar-refractivity contribution >= 4 is 0 Å². The number of aryl methyl sites for hydroxylation is 1. The van der Waals surface area contributed by atoms with Crippen LogP contribution in [0, 0.1) is 12.7 Å². The highest BCUT2D eigenvalue weighted by Gasteiger charge is 2.11. The first-order valence-corrected chi connectivity index (χ1v) is 6.98. The third-order valence-corrected chi connectivity index (χ3v) is 3.26. The van der Waals surface area contributed by atoms with Crippen LogP contribution >= 0.6 is 0 Å². The van der Waals surface area contributed by atoms with Gasteiger partial charge < -0.3 is 15.2 Å². The van der Waals surface area contributed by atoms with E-state index in [1.165, 1.54) is 12.1 Å². The summed E-state index contributed by atoms with van der Waals surface area (Å²) in [5.74, 6) is 1.02. The van der Waals surface area contributed by atoms with Gasteiger partial charge in [-0.05, 0) is 43.2 Å². The molecule has 0 atom stereocenters. The van der Waals surface area contributed by atoms with E-state index in [4.69, 9.17) is 15.2 Å². The molecule has 0 spiro atoms. The molecule has 0 radical (unpaired) electrons. The van der Waals surface area contributed by atoms with Crippen LogP contribution in [0.25, 0.3) is 0 Å². The van der Waals surface area contributed by atoms with Crippen molar-refractivity contribution in [3.63, 3.8) is 0 Å². The van der Waals surface area contributed by atoms with Gasteiger partial charge in [0.25, 0.3) is 0 Å². The van der Waals surface area contributed by atoms with Gasteiger partial charge in [-0.1, -0.05) is 18.2 Å². The first-order valence-electron chi connectivity index (χ1n) is 6.98. The molecule has 2 rings (SSSR count). The van der Waals surface area contributed by atoms with E-state index in [2.05, 4.69) is 0 Å². The lowest BCUT2D eigenvalue weighted by Gasteiger charge is -2.16. The van der Waals surface area contributed by atoms with E-state index < -0.39 is 0 Å². The van der Waals surface area contributed by atoms with Crippen molar-refractivity contribution in [2.45, 2.75) is 27.0 Å². The van der Waals surface area contributed by atoms with E-state index in [0.717, 1.165) is 16.7 Å². The van der Waals surface area contributed by atoms with Crippen molar-refractivity contribution in [3.8, 4) is 11.5 Å². The molecule has 3 nitrogen and oxygen atoms in total. The molecule has 2 aromatic rings. The van der Waals surface area contributed by atoms with E-state index in [0.29, 0.717) is 24.7 Å². The van der Waals surface area contributed by atoms with Gasteiger partial charge in [0.15, 0.2) is 11.5 Å². The minimum atomic E-state index is -0.267. The fourth-order valence-electron chi connectivity index (χ4n) is 2.10. The van der Waals surface area contributed by atoms with Crippen molar-refractivity contribution in [1.29, 1.82) is 0 Å². The van der Waals surface area contributed by atoms with Crippen LogP contribution in [0.2, 0.25) is 0 Å². The lowest BCUT2D eigenvalue weighted by molar-refractivity contribution is 0.266. The SMILES string of the molecule is CCOc1cccc(CN)c1OCc1cc(F)ccc1C. The molecule has 0 aromatic heterocycles. The zero-order valence-electron chi connectivity index (χ0n) is 12.4. The summed E-state index contributed by atoms with van der Waals surface area (Å²) in [6, 6.07) is 10.3. The molecule has 4 heteroatoms. The Morgan fingerprint density at radius 3 is 2.62 bits per heavy atom. The fraction of sp³-hybridized carbons (Fsp3) is 0.294.